The predicted molar refractivity (Wildman–Crippen MR) is 191 cm³/mol. The van der Waals surface area contributed by atoms with Gasteiger partial charge in [-0.2, -0.15) is 0 Å². The van der Waals surface area contributed by atoms with Gasteiger partial charge in [-0.25, -0.2) is 0 Å². The van der Waals surface area contributed by atoms with Gasteiger partial charge in [-0.1, -0.05) is 0 Å². The summed E-state index contributed by atoms with van der Waals surface area (Å²) in [5, 5.41) is 0. The van der Waals surface area contributed by atoms with Crippen LogP contribution in [0.15, 0.2) is 0 Å². The Morgan fingerprint density at radius 3 is 0.423 bits per heavy atom. The highest BCUT2D eigenvalue weighted by atomic mass is 33.5. The Hall–Kier alpha value is 5.72. The maximum absolute atomic E-state index is 4.78. The molecule has 26 heteroatoms. The van der Waals surface area contributed by atoms with Gasteiger partial charge < -0.3 is 0 Å². The van der Waals surface area contributed by atoms with E-state index in [-0.39, 0.29) is 0 Å². The largest absolute Gasteiger partial charge is 0 e. The maximum Gasteiger partial charge on any atom is 0 e. The molecule has 0 radical (unpaired) electrons. The van der Waals surface area contributed by atoms with Crippen LogP contribution in [-0.4, -0.2) is 0 Å². The van der Waals surface area contributed by atoms with E-state index < -0.39 is 0 Å². The number of hydrogen-bond donors (Lipinski definition) is 0. The molecule has 0 bridgehead atoms. The highest BCUT2D eigenvalue weighted by Crippen LogP contribution is 1.42. The summed E-state index contributed by atoms with van der Waals surface area (Å²) in [6, 6.07) is 0. The van der Waals surface area contributed by atoms with Gasteiger partial charge in [-0.15, -0.1) is 0 Å². The summed E-state index contributed by atoms with van der Waals surface area (Å²) >= 11 is 9.55. The van der Waals surface area contributed by atoms with Gasteiger partial charge in [0.15, 0.2) is 0 Å². The first kappa shape index (κ1) is 31.7. The van der Waals surface area contributed by atoms with E-state index in [1.54, 1.807) is 124 Å². The van der Waals surface area contributed by atoms with Crippen molar-refractivity contribution in [2.75, 3.05) is 0 Å². The molecule has 0 saturated heterocycles. The molecule has 0 aliphatic carbocycles. The Morgan fingerprint density at radius 2 is 0.308 bits per heavy atom. The fourth-order valence-corrected chi connectivity index (χ4v) is 60.6. The zero-order valence-electron chi connectivity index (χ0n) is 10.6. The van der Waals surface area contributed by atoms with Crippen LogP contribution >= 0.6 is 0 Å². The zero-order chi connectivity index (χ0) is 19.0. The molecule has 0 N–H and O–H groups in total. The van der Waals surface area contributed by atoms with Gasteiger partial charge in [0.25, 0.3) is 0 Å². The van der Waals surface area contributed by atoms with Gasteiger partial charge in [0.05, 0.1) is 0 Å². The van der Waals surface area contributed by atoms with Crippen molar-refractivity contribution in [1.82, 2.24) is 0 Å². The Kier molecular flexibility index (Phi) is 37.5. The molecule has 0 nitrogen and oxygen atoms in total. The zero-order valence-corrected chi connectivity index (χ0v) is 31.8. The Morgan fingerprint density at radius 1 is 0.192 bits per heavy atom. The highest BCUT2D eigenvalue weighted by Gasteiger charge is 1.42. The lowest BCUT2D eigenvalue weighted by atomic mass is 30.7. The molecule has 0 aromatic carbocycles. The summed E-state index contributed by atoms with van der Waals surface area (Å²) in [6.45, 7) is 0. The van der Waals surface area contributed by atoms with Crippen LogP contribution in [0.4, 0.5) is 0 Å². The van der Waals surface area contributed by atoms with Crippen molar-refractivity contribution in [3.8, 4) is 0 Å². The summed E-state index contributed by atoms with van der Waals surface area (Å²) < 4.78 is 0. The fraction of sp³-hybridized carbons (Fsp3) is 0. The predicted octanol–water partition coefficient (Wildman–Crippen LogP) is -0.0624. The summed E-state index contributed by atoms with van der Waals surface area (Å²) in [7, 11) is 41.8. The van der Waals surface area contributed by atoms with E-state index in [4.69, 9.17) is 22.4 Å². The van der Waals surface area contributed by atoms with Crippen LogP contribution in [0.3, 0.4) is 0 Å². The van der Waals surface area contributed by atoms with Crippen LogP contribution < -0.4 is 0 Å². The molecular weight excluding hydrogens is 834 g/mol. The van der Waals surface area contributed by atoms with Gasteiger partial charge >= 0.3 is 0 Å². The first-order valence-corrected chi connectivity index (χ1v) is 37.5. The molecule has 0 fully saturated rings. The summed E-state index contributed by atoms with van der Waals surface area (Å²) in [6.07, 6.45) is 0. The van der Waals surface area contributed by atoms with E-state index >= 15 is 0 Å². The Labute approximate surface area is 229 Å². The minimum Gasteiger partial charge on any atom is 0 e. The van der Waals surface area contributed by atoms with Gasteiger partial charge in [-0.05, 0) is 0 Å². The van der Waals surface area contributed by atoms with Gasteiger partial charge in [-0.3, -0.25) is 0 Å². The summed E-state index contributed by atoms with van der Waals surface area (Å²) in [5.41, 5.74) is 0. The third kappa shape index (κ3) is 29.7. The van der Waals surface area contributed by atoms with Crippen molar-refractivity contribution < 1.29 is 0 Å². The Balaban J connectivity index is 5.89. The van der Waals surface area contributed by atoms with Crippen LogP contribution in [0.1, 0.15) is 0 Å². The second kappa shape index (κ2) is 30.7. The fourth-order valence-electron chi connectivity index (χ4n) is 0.249. The molecule has 0 aromatic rings. The number of rotatable bonds is 0. The quantitative estimate of drug-likeness (QED) is 0.336. The molecule has 0 rings (SSSR count). The molecule has 0 unspecified atom stereocenters. The van der Waals surface area contributed by atoms with Gasteiger partial charge in [0.2, 0.25) is 0 Å². The third-order valence-corrected chi connectivity index (χ3v) is 51.7. The van der Waals surface area contributed by atoms with Crippen LogP contribution in [0.25, 0.3) is 0 Å². The average molecular weight is 834 g/mol. The van der Waals surface area contributed by atoms with Crippen LogP contribution in [0.2, 0.25) is 0 Å². The lowest BCUT2D eigenvalue weighted by Crippen LogP contribution is -1.41. The van der Waals surface area contributed by atoms with E-state index in [0.29, 0.717) is 0 Å². The molecule has 0 heterocycles. The van der Waals surface area contributed by atoms with E-state index in [1.807, 2.05) is 71.0 Å². The van der Waals surface area contributed by atoms with Crippen LogP contribution in [-0.2, 0) is 236 Å². The van der Waals surface area contributed by atoms with Gasteiger partial charge in [0, 0.05) is 236 Å². The van der Waals surface area contributed by atoms with Crippen molar-refractivity contribution in [2.45, 2.75) is 0 Å². The molecule has 0 aliphatic heterocycles. The molecular formula is S26. The third-order valence-electron chi connectivity index (χ3n) is 0.639. The molecule has 26 heavy (non-hydrogen) atoms. The normalized spacial score (nSPS) is 7.54. The first-order valence-electron chi connectivity index (χ1n) is 4.17. The molecule has 0 amide bonds. The molecule has 0 aliphatic rings. The number of hydrogen-bond acceptors (Lipinski definition) is 2. The summed E-state index contributed by atoms with van der Waals surface area (Å²) in [5.74, 6) is 0. The molecule has 0 atom stereocenters. The van der Waals surface area contributed by atoms with E-state index in [0.717, 1.165) is 0 Å². The average Bonchev–Trinajstić information content (AvgIpc) is 2.66. The second-order valence-corrected chi connectivity index (χ2v) is 44.1. The van der Waals surface area contributed by atoms with E-state index in [2.05, 4.69) is 0 Å². The lowest BCUT2D eigenvalue weighted by molar-refractivity contribution is 5.96. The van der Waals surface area contributed by atoms with Crippen LogP contribution in [0.5, 0.6) is 0 Å². The lowest BCUT2D eigenvalue weighted by Gasteiger charge is -1.40. The Bertz CT molecular complexity index is 1360. The minimum atomic E-state index is 1.37. The van der Waals surface area contributed by atoms with Crippen molar-refractivity contribution in [3.63, 3.8) is 0 Å². The van der Waals surface area contributed by atoms with Crippen molar-refractivity contribution in [3.05, 3.63) is 0 Å². The van der Waals surface area contributed by atoms with E-state index in [1.165, 1.54) is 17.8 Å². The van der Waals surface area contributed by atoms with E-state index in [9.17, 15) is 0 Å². The SMILES string of the molecule is S=S=S=S=S=S=S=S=S=S=S=S=S=S=S=S=S=S=S=S=S=S=S=S=S=S. The first-order chi connectivity index (χ1) is 12.9. The standard InChI is InChI=1S/S26/c1-3-5-7-9-11-13-15-17-19-21-23-25-26-24-22-20-18-16-14-12-10-8-6-4-2. The van der Waals surface area contributed by atoms with Crippen molar-refractivity contribution >= 4 is 236 Å². The minimum absolute atomic E-state index is 1.37. The smallest absolute Gasteiger partial charge is 0 e. The maximum atomic E-state index is 4.78. The van der Waals surface area contributed by atoms with Crippen molar-refractivity contribution in [2.24, 2.45) is 0 Å². The second-order valence-electron chi connectivity index (χ2n) is 1.63. The molecule has 0 saturated carbocycles. The molecule has 0 aromatic heterocycles. The highest BCUT2D eigenvalue weighted by molar-refractivity contribution is 8.79. The van der Waals surface area contributed by atoms with Gasteiger partial charge in [0.1, 0.15) is 0 Å². The topological polar surface area (TPSA) is 0 Å². The van der Waals surface area contributed by atoms with Crippen LogP contribution in [0, 0.1) is 0 Å². The summed E-state index contributed by atoms with van der Waals surface area (Å²) in [4.78, 5) is 0. The molecule has 0 spiro atoms. The van der Waals surface area contributed by atoms with Crippen molar-refractivity contribution in [1.29, 1.82) is 0 Å². The molecule has 156 valence electrons. The monoisotopic (exact) mass is 831 g/mol.